The van der Waals surface area contributed by atoms with Crippen LogP contribution in [0.25, 0.3) is 0 Å². The molecule has 0 aromatic rings. The van der Waals surface area contributed by atoms with Crippen LogP contribution in [-0.4, -0.2) is 17.0 Å². The smallest absolute Gasteiger partial charge is 0.136 e. The molecule has 1 unspecified atom stereocenters. The van der Waals surface area contributed by atoms with Gasteiger partial charge in [-0.1, -0.05) is 50.0 Å². The number of hydrogen-bond acceptors (Lipinski definition) is 2. The fourth-order valence-electron chi connectivity index (χ4n) is 1.37. The number of Topliss-reactive ketones (excluding diaryl/α,β-unsaturated/α-hetero) is 1. The van der Waals surface area contributed by atoms with E-state index in [1.54, 1.807) is 30.4 Å². The molecule has 2 heteroatoms. The molecule has 2 nitrogen and oxygen atoms in total. The first-order valence-corrected chi connectivity index (χ1v) is 6.71. The normalized spacial score (nSPS) is 12.4. The van der Waals surface area contributed by atoms with Crippen molar-refractivity contribution in [1.82, 2.24) is 0 Å². The third kappa shape index (κ3) is 12.4. The second-order valence-electron chi connectivity index (χ2n) is 4.69. The van der Waals surface area contributed by atoms with E-state index in [-0.39, 0.29) is 12.2 Å². The Kier molecular flexibility index (Phi) is 10.8. The fourth-order valence-corrected chi connectivity index (χ4v) is 1.37. The molecule has 1 N–H and O–H groups in total. The van der Waals surface area contributed by atoms with E-state index in [1.807, 2.05) is 26.8 Å². The number of aliphatic hydroxyl groups excluding tert-OH is 1. The first-order valence-electron chi connectivity index (χ1n) is 6.71. The predicted molar refractivity (Wildman–Crippen MR) is 83.7 cm³/mol. The van der Waals surface area contributed by atoms with Crippen LogP contribution in [0.1, 0.15) is 33.6 Å². The fraction of sp³-hybridized carbons (Fsp3) is 0.389. The zero-order chi connectivity index (χ0) is 15.2. The quantitative estimate of drug-likeness (QED) is 0.595. The van der Waals surface area contributed by atoms with Crippen molar-refractivity contribution in [2.24, 2.45) is 5.92 Å². The Morgan fingerprint density at radius 1 is 1.10 bits per heavy atom. The van der Waals surface area contributed by atoms with Crippen LogP contribution in [-0.2, 0) is 4.79 Å². The molecule has 0 aliphatic carbocycles. The lowest BCUT2D eigenvalue weighted by Gasteiger charge is -2.06. The average Bonchev–Trinajstić information content (AvgIpc) is 2.35. The van der Waals surface area contributed by atoms with Crippen LogP contribution in [0.15, 0.2) is 36.5 Å². The second-order valence-corrected chi connectivity index (χ2v) is 4.69. The number of rotatable bonds is 6. The van der Waals surface area contributed by atoms with Gasteiger partial charge in [-0.25, -0.2) is 0 Å². The molecule has 0 amide bonds. The van der Waals surface area contributed by atoms with Gasteiger partial charge in [0.25, 0.3) is 0 Å². The molecule has 106 valence electrons. The molecule has 0 heterocycles. The molecule has 20 heavy (non-hydrogen) atoms. The standard InChI is InChI=1S/C18H22O2/c1-4-5-6-7-8-9-10-11-12-13-17(19)15-18(20)14-16(2)3/h4-5,10-13,16-17,19H,14-15H2,1-3H3/b5-4+,11-10+,13-12-. The van der Waals surface area contributed by atoms with E-state index >= 15 is 0 Å². The van der Waals surface area contributed by atoms with Crippen LogP contribution in [0.4, 0.5) is 0 Å². The van der Waals surface area contributed by atoms with E-state index in [9.17, 15) is 9.90 Å². The Morgan fingerprint density at radius 2 is 1.75 bits per heavy atom. The van der Waals surface area contributed by atoms with Gasteiger partial charge in [-0.15, -0.1) is 0 Å². The van der Waals surface area contributed by atoms with Crippen LogP contribution in [0.5, 0.6) is 0 Å². The molecule has 0 bridgehead atoms. The number of carbonyl (C=O) groups excluding carboxylic acids is 1. The summed E-state index contributed by atoms with van der Waals surface area (Å²) in [5.74, 6) is 11.2. The van der Waals surface area contributed by atoms with Crippen molar-refractivity contribution in [3.05, 3.63) is 36.5 Å². The summed E-state index contributed by atoms with van der Waals surface area (Å²) < 4.78 is 0. The third-order valence-corrected chi connectivity index (χ3v) is 2.15. The summed E-state index contributed by atoms with van der Waals surface area (Å²) >= 11 is 0. The predicted octanol–water partition coefficient (Wildman–Crippen LogP) is 3.05. The number of carbonyl (C=O) groups is 1. The van der Waals surface area contributed by atoms with Crippen molar-refractivity contribution in [2.45, 2.75) is 39.7 Å². The molecular formula is C18H22O2. The molecule has 0 aromatic carbocycles. The Balaban J connectivity index is 4.06. The Bertz CT molecular complexity index is 485. The van der Waals surface area contributed by atoms with Gasteiger partial charge in [-0.3, -0.25) is 4.79 Å². The van der Waals surface area contributed by atoms with E-state index in [1.165, 1.54) is 0 Å². The number of ketones is 1. The van der Waals surface area contributed by atoms with E-state index in [4.69, 9.17) is 0 Å². The van der Waals surface area contributed by atoms with E-state index in [2.05, 4.69) is 23.7 Å². The number of hydrogen-bond donors (Lipinski definition) is 1. The molecule has 1 atom stereocenters. The summed E-state index contributed by atoms with van der Waals surface area (Å²) in [5.41, 5.74) is 0. The van der Waals surface area contributed by atoms with Crippen molar-refractivity contribution in [1.29, 1.82) is 0 Å². The van der Waals surface area contributed by atoms with Crippen LogP contribution in [0, 0.1) is 29.6 Å². The highest BCUT2D eigenvalue weighted by Gasteiger charge is 2.09. The lowest BCUT2D eigenvalue weighted by Crippen LogP contribution is -2.12. The van der Waals surface area contributed by atoms with Gasteiger partial charge in [-0.05, 0) is 36.8 Å². The molecule has 0 aliphatic heterocycles. The Labute approximate surface area is 122 Å². The van der Waals surface area contributed by atoms with Gasteiger partial charge in [0, 0.05) is 12.8 Å². The zero-order valence-electron chi connectivity index (χ0n) is 12.4. The summed E-state index contributed by atoms with van der Waals surface area (Å²) in [6, 6.07) is 0. The molecule has 0 rings (SSSR count). The number of allylic oxidation sites excluding steroid dienone is 5. The minimum absolute atomic E-state index is 0.0835. The van der Waals surface area contributed by atoms with Crippen LogP contribution in [0.3, 0.4) is 0 Å². The highest BCUT2D eigenvalue weighted by Crippen LogP contribution is 2.05. The summed E-state index contributed by atoms with van der Waals surface area (Å²) in [4.78, 5) is 11.5. The summed E-state index contributed by atoms with van der Waals surface area (Å²) in [5, 5.41) is 9.62. The van der Waals surface area contributed by atoms with Crippen molar-refractivity contribution < 1.29 is 9.90 Å². The number of aliphatic hydroxyl groups is 1. The van der Waals surface area contributed by atoms with Gasteiger partial charge in [0.15, 0.2) is 0 Å². The Hall–Kier alpha value is -2.03. The van der Waals surface area contributed by atoms with Gasteiger partial charge < -0.3 is 5.11 Å². The molecule has 0 aliphatic rings. The first-order chi connectivity index (χ1) is 9.56. The molecular weight excluding hydrogens is 248 g/mol. The van der Waals surface area contributed by atoms with Crippen LogP contribution >= 0.6 is 0 Å². The third-order valence-electron chi connectivity index (χ3n) is 2.15. The second kappa shape index (κ2) is 12.0. The molecule has 0 fully saturated rings. The minimum atomic E-state index is -0.728. The molecule has 0 saturated heterocycles. The molecule has 0 radical (unpaired) electrons. The maximum absolute atomic E-state index is 11.5. The van der Waals surface area contributed by atoms with Gasteiger partial charge >= 0.3 is 0 Å². The molecule has 0 aromatic heterocycles. The van der Waals surface area contributed by atoms with Crippen LogP contribution in [0.2, 0.25) is 0 Å². The van der Waals surface area contributed by atoms with Crippen molar-refractivity contribution in [3.8, 4) is 23.7 Å². The first kappa shape index (κ1) is 18.0. The van der Waals surface area contributed by atoms with Crippen molar-refractivity contribution in [2.75, 3.05) is 0 Å². The van der Waals surface area contributed by atoms with Crippen LogP contribution < -0.4 is 0 Å². The highest BCUT2D eigenvalue weighted by molar-refractivity contribution is 5.79. The summed E-state index contributed by atoms with van der Waals surface area (Å²) in [7, 11) is 0. The zero-order valence-corrected chi connectivity index (χ0v) is 12.4. The summed E-state index contributed by atoms with van der Waals surface area (Å²) in [6.07, 6.45) is 10.1. The van der Waals surface area contributed by atoms with Crippen molar-refractivity contribution >= 4 is 5.78 Å². The van der Waals surface area contributed by atoms with E-state index < -0.39 is 6.10 Å². The van der Waals surface area contributed by atoms with E-state index in [0.717, 1.165) is 0 Å². The monoisotopic (exact) mass is 270 g/mol. The lowest BCUT2D eigenvalue weighted by molar-refractivity contribution is -0.121. The van der Waals surface area contributed by atoms with E-state index in [0.29, 0.717) is 12.3 Å². The maximum Gasteiger partial charge on any atom is 0.136 e. The summed E-state index contributed by atoms with van der Waals surface area (Å²) in [6.45, 7) is 5.87. The van der Waals surface area contributed by atoms with Gasteiger partial charge in [0.2, 0.25) is 0 Å². The Morgan fingerprint density at radius 3 is 2.35 bits per heavy atom. The minimum Gasteiger partial charge on any atom is -0.389 e. The molecule has 0 spiro atoms. The van der Waals surface area contributed by atoms with Gasteiger partial charge in [0.05, 0.1) is 6.10 Å². The molecule has 0 saturated carbocycles. The lowest BCUT2D eigenvalue weighted by atomic mass is 10.0. The topological polar surface area (TPSA) is 37.3 Å². The largest absolute Gasteiger partial charge is 0.389 e. The van der Waals surface area contributed by atoms with Crippen molar-refractivity contribution in [3.63, 3.8) is 0 Å². The maximum atomic E-state index is 11.5. The highest BCUT2D eigenvalue weighted by atomic mass is 16.3. The average molecular weight is 270 g/mol. The SMILES string of the molecule is C/C=C/C#CC#C/C=C/C=C\C(O)CC(=O)CC(C)C. The van der Waals surface area contributed by atoms with Gasteiger partial charge in [0.1, 0.15) is 5.78 Å². The van der Waals surface area contributed by atoms with Gasteiger partial charge in [-0.2, -0.15) is 0 Å².